The standard InChI is InChI=1S/C10H20.C10H18.C9H16.C7H14O/c2*1-7-6-8(2)10(4,5)9(7)3;1-6-5-7(2)9(4)8(6)3;1-5-4-6(2)8-7(5)3/h7-9H,6H2,1-5H3;6-7,9H,1-5H3;6,8H,5H2,1-4H3;5-7H,4H2,1-3H3. The molecular formula is C36H68O. The summed E-state index contributed by atoms with van der Waals surface area (Å²) in [6.45, 7) is 39.3. The van der Waals surface area contributed by atoms with Gasteiger partial charge in [-0.3, -0.25) is 0 Å². The largest absolute Gasteiger partial charge is 0.375 e. The molecule has 0 aromatic carbocycles. The summed E-state index contributed by atoms with van der Waals surface area (Å²) in [6, 6.07) is 0. The average molecular weight is 517 g/mol. The van der Waals surface area contributed by atoms with Gasteiger partial charge in [0.15, 0.2) is 0 Å². The predicted octanol–water partition coefficient (Wildman–Crippen LogP) is 11.4. The van der Waals surface area contributed by atoms with Crippen LogP contribution in [0.2, 0.25) is 0 Å². The van der Waals surface area contributed by atoms with Gasteiger partial charge >= 0.3 is 0 Å². The summed E-state index contributed by atoms with van der Waals surface area (Å²) in [6.07, 6.45) is 7.39. The molecule has 0 aromatic rings. The van der Waals surface area contributed by atoms with E-state index in [1.165, 1.54) is 19.3 Å². The third-order valence-corrected chi connectivity index (χ3v) is 12.3. The topological polar surface area (TPSA) is 9.23 Å². The van der Waals surface area contributed by atoms with Crippen molar-refractivity contribution in [1.29, 1.82) is 0 Å². The second-order valence-corrected chi connectivity index (χ2v) is 15.2. The molecule has 4 aliphatic rings. The Hall–Kier alpha value is -0.560. The summed E-state index contributed by atoms with van der Waals surface area (Å²) in [4.78, 5) is 0. The molecule has 1 heteroatoms. The van der Waals surface area contributed by atoms with Crippen molar-refractivity contribution in [1.82, 2.24) is 0 Å². The molecule has 2 fully saturated rings. The average Bonchev–Trinajstić information content (AvgIpc) is 3.34. The molecule has 1 nitrogen and oxygen atoms in total. The van der Waals surface area contributed by atoms with Crippen molar-refractivity contribution in [2.75, 3.05) is 0 Å². The molecule has 10 unspecified atom stereocenters. The minimum atomic E-state index is 0.444. The van der Waals surface area contributed by atoms with E-state index in [0.29, 0.717) is 23.0 Å². The predicted molar refractivity (Wildman–Crippen MR) is 167 cm³/mol. The van der Waals surface area contributed by atoms with Gasteiger partial charge in [0.1, 0.15) is 0 Å². The molecule has 37 heavy (non-hydrogen) atoms. The summed E-state index contributed by atoms with van der Waals surface area (Å²) < 4.78 is 5.47. The summed E-state index contributed by atoms with van der Waals surface area (Å²) in [5.74, 6) is 6.84. The number of hydrogen-bond acceptors (Lipinski definition) is 1. The van der Waals surface area contributed by atoms with Gasteiger partial charge in [0.2, 0.25) is 0 Å². The van der Waals surface area contributed by atoms with E-state index in [1.807, 2.05) is 0 Å². The molecule has 0 radical (unpaired) electrons. The van der Waals surface area contributed by atoms with Crippen LogP contribution in [-0.4, -0.2) is 12.2 Å². The van der Waals surface area contributed by atoms with Crippen molar-refractivity contribution in [3.05, 3.63) is 22.8 Å². The first-order chi connectivity index (χ1) is 16.7. The fourth-order valence-corrected chi connectivity index (χ4v) is 6.92. The van der Waals surface area contributed by atoms with Gasteiger partial charge in [0.25, 0.3) is 0 Å². The van der Waals surface area contributed by atoms with E-state index in [0.717, 1.165) is 47.3 Å². The Labute approximate surface area is 234 Å². The zero-order valence-electron chi connectivity index (χ0n) is 28.4. The maximum absolute atomic E-state index is 5.47. The number of rotatable bonds is 0. The van der Waals surface area contributed by atoms with Crippen LogP contribution < -0.4 is 0 Å². The lowest BCUT2D eigenvalue weighted by Crippen LogP contribution is -2.22. The van der Waals surface area contributed by atoms with Gasteiger partial charge in [0.05, 0.1) is 12.2 Å². The molecule has 0 N–H and O–H groups in total. The maximum atomic E-state index is 5.47. The molecule has 1 aliphatic heterocycles. The molecule has 1 heterocycles. The van der Waals surface area contributed by atoms with Gasteiger partial charge in [0, 0.05) is 0 Å². The summed E-state index contributed by atoms with van der Waals surface area (Å²) in [7, 11) is 0. The normalized spacial score (nSPS) is 41.7. The van der Waals surface area contributed by atoms with Crippen LogP contribution in [0.25, 0.3) is 0 Å². The van der Waals surface area contributed by atoms with Crippen molar-refractivity contribution >= 4 is 0 Å². The first-order valence-corrected chi connectivity index (χ1v) is 15.7. The van der Waals surface area contributed by atoms with E-state index in [-0.39, 0.29) is 0 Å². The number of ether oxygens (including phenoxy) is 1. The number of allylic oxidation sites excluding steroid dienone is 4. The molecule has 1 saturated heterocycles. The highest BCUT2D eigenvalue weighted by Gasteiger charge is 2.41. The van der Waals surface area contributed by atoms with Crippen molar-refractivity contribution in [2.24, 2.45) is 58.2 Å². The lowest BCUT2D eigenvalue weighted by Gasteiger charge is -2.29. The molecule has 0 amide bonds. The number of hydrogen-bond donors (Lipinski definition) is 0. The minimum Gasteiger partial charge on any atom is -0.375 e. The zero-order chi connectivity index (χ0) is 29.0. The van der Waals surface area contributed by atoms with E-state index < -0.39 is 0 Å². The maximum Gasteiger partial charge on any atom is 0.0577 e. The Bertz CT molecular complexity index is 758. The Kier molecular flexibility index (Phi) is 12.7. The lowest BCUT2D eigenvalue weighted by atomic mass is 9.76. The Morgan fingerprint density at radius 3 is 1.35 bits per heavy atom. The Morgan fingerprint density at radius 2 is 1.24 bits per heavy atom. The Balaban J connectivity index is 0.000000248. The van der Waals surface area contributed by atoms with Crippen LogP contribution in [0.5, 0.6) is 0 Å². The second kappa shape index (κ2) is 13.7. The summed E-state index contributed by atoms with van der Waals surface area (Å²) >= 11 is 0. The first kappa shape index (κ1) is 34.5. The molecule has 0 spiro atoms. The van der Waals surface area contributed by atoms with E-state index in [2.05, 4.69) is 124 Å². The van der Waals surface area contributed by atoms with Crippen molar-refractivity contribution in [2.45, 2.75) is 149 Å². The monoisotopic (exact) mass is 517 g/mol. The SMILES string of the molecule is CC1=C(C)C(C)C(C)C1.CC1=CC(C)C(C)C1(C)C.CC1CC(C)C(C)(C)C1C.CC1CC(C)C(C)O1. The van der Waals surface area contributed by atoms with Crippen LogP contribution >= 0.6 is 0 Å². The highest BCUT2D eigenvalue weighted by Crippen LogP contribution is 2.50. The van der Waals surface area contributed by atoms with E-state index >= 15 is 0 Å². The van der Waals surface area contributed by atoms with Crippen LogP contribution in [-0.2, 0) is 4.74 Å². The van der Waals surface area contributed by atoms with Crippen LogP contribution in [0.15, 0.2) is 22.8 Å². The second-order valence-electron chi connectivity index (χ2n) is 15.2. The highest BCUT2D eigenvalue weighted by molar-refractivity contribution is 5.20. The van der Waals surface area contributed by atoms with Gasteiger partial charge in [-0.05, 0) is 112 Å². The van der Waals surface area contributed by atoms with Crippen LogP contribution in [0.4, 0.5) is 0 Å². The molecule has 3 aliphatic carbocycles. The smallest absolute Gasteiger partial charge is 0.0577 e. The lowest BCUT2D eigenvalue weighted by molar-refractivity contribution is 0.0580. The zero-order valence-corrected chi connectivity index (χ0v) is 28.4. The molecule has 0 aromatic heterocycles. The summed E-state index contributed by atoms with van der Waals surface area (Å²) in [5, 5.41) is 0. The van der Waals surface area contributed by atoms with Crippen molar-refractivity contribution in [3.63, 3.8) is 0 Å². The highest BCUT2D eigenvalue weighted by atomic mass is 16.5. The first-order valence-electron chi connectivity index (χ1n) is 15.7. The minimum absolute atomic E-state index is 0.444. The fraction of sp³-hybridized carbons (Fsp3) is 0.889. The molecule has 10 atom stereocenters. The van der Waals surface area contributed by atoms with Crippen LogP contribution in [0.1, 0.15) is 137 Å². The quantitative estimate of drug-likeness (QED) is 0.291. The third-order valence-electron chi connectivity index (χ3n) is 12.3. The van der Waals surface area contributed by atoms with E-state index in [4.69, 9.17) is 4.74 Å². The molecular weight excluding hydrogens is 448 g/mol. The van der Waals surface area contributed by atoms with Crippen LogP contribution in [0, 0.1) is 58.2 Å². The van der Waals surface area contributed by atoms with Gasteiger partial charge in [-0.1, -0.05) is 106 Å². The molecule has 1 saturated carbocycles. The van der Waals surface area contributed by atoms with Crippen molar-refractivity contribution in [3.8, 4) is 0 Å². The van der Waals surface area contributed by atoms with E-state index in [9.17, 15) is 0 Å². The fourth-order valence-electron chi connectivity index (χ4n) is 6.92. The molecule has 218 valence electrons. The van der Waals surface area contributed by atoms with Gasteiger partial charge in [-0.25, -0.2) is 0 Å². The van der Waals surface area contributed by atoms with Gasteiger partial charge in [-0.15, -0.1) is 0 Å². The molecule has 4 rings (SSSR count). The third kappa shape index (κ3) is 8.71. The summed E-state index contributed by atoms with van der Waals surface area (Å²) in [5.41, 5.74) is 5.84. The van der Waals surface area contributed by atoms with Gasteiger partial charge in [-0.2, -0.15) is 0 Å². The Morgan fingerprint density at radius 1 is 0.703 bits per heavy atom. The van der Waals surface area contributed by atoms with Crippen molar-refractivity contribution < 1.29 is 4.74 Å². The van der Waals surface area contributed by atoms with Gasteiger partial charge < -0.3 is 4.74 Å². The van der Waals surface area contributed by atoms with Crippen LogP contribution in [0.3, 0.4) is 0 Å². The molecule has 0 bridgehead atoms. The van der Waals surface area contributed by atoms with E-state index in [1.54, 1.807) is 16.7 Å².